The number of carbonyl (C=O) groups is 1. The summed E-state index contributed by atoms with van der Waals surface area (Å²) in [5.74, 6) is -0.930. The van der Waals surface area contributed by atoms with E-state index in [1.807, 2.05) is 0 Å². The lowest BCUT2D eigenvalue weighted by Crippen LogP contribution is -2.25. The van der Waals surface area contributed by atoms with Gasteiger partial charge in [-0.25, -0.2) is 0 Å². The highest BCUT2D eigenvalue weighted by Gasteiger charge is 2.10. The number of hydrogen-bond donors (Lipinski definition) is 2. The van der Waals surface area contributed by atoms with Crippen molar-refractivity contribution in [2.24, 2.45) is 0 Å². The van der Waals surface area contributed by atoms with Crippen LogP contribution in [-0.4, -0.2) is 17.1 Å². The molecule has 2 N–H and O–H groups in total. The highest BCUT2D eigenvalue weighted by atomic mass is 35.5. The van der Waals surface area contributed by atoms with Crippen molar-refractivity contribution in [2.45, 2.75) is 13.0 Å². The molecule has 0 saturated carbocycles. The van der Waals surface area contributed by atoms with Crippen LogP contribution in [0, 0.1) is 0 Å². The van der Waals surface area contributed by atoms with Crippen molar-refractivity contribution < 1.29 is 9.90 Å². The van der Waals surface area contributed by atoms with E-state index in [4.69, 9.17) is 28.3 Å². The average molecular weight is 234 g/mol. The predicted molar refractivity (Wildman–Crippen MR) is 57.2 cm³/mol. The van der Waals surface area contributed by atoms with Crippen LogP contribution in [0.3, 0.4) is 0 Å². The maximum atomic E-state index is 10.5. The Morgan fingerprint density at radius 2 is 1.86 bits per heavy atom. The van der Waals surface area contributed by atoms with Crippen molar-refractivity contribution >= 4 is 34.9 Å². The first kappa shape index (κ1) is 11.1. The fraction of sp³-hybridized carbons (Fsp3) is 0.222. The SMILES string of the molecule is C[C@H](Nc1cc(Cl)cc(Cl)c1)C(=O)O. The Bertz CT molecular complexity index is 334. The molecular formula is C9H9Cl2NO2. The van der Waals surface area contributed by atoms with E-state index in [1.54, 1.807) is 18.2 Å². The summed E-state index contributed by atoms with van der Waals surface area (Å²) in [6.07, 6.45) is 0. The third kappa shape index (κ3) is 3.09. The van der Waals surface area contributed by atoms with E-state index in [0.29, 0.717) is 15.7 Å². The summed E-state index contributed by atoms with van der Waals surface area (Å²) in [6, 6.07) is 4.14. The van der Waals surface area contributed by atoms with Crippen LogP contribution < -0.4 is 5.32 Å². The maximum absolute atomic E-state index is 10.5. The number of rotatable bonds is 3. The molecule has 76 valence electrons. The summed E-state index contributed by atoms with van der Waals surface area (Å²) in [4.78, 5) is 10.5. The third-order valence-corrected chi connectivity index (χ3v) is 2.05. The van der Waals surface area contributed by atoms with Crippen molar-refractivity contribution in [3.63, 3.8) is 0 Å². The normalized spacial score (nSPS) is 12.2. The minimum absolute atomic E-state index is 0.470. The number of anilines is 1. The van der Waals surface area contributed by atoms with Crippen LogP contribution >= 0.6 is 23.2 Å². The summed E-state index contributed by atoms with van der Waals surface area (Å²) in [5, 5.41) is 12.3. The Kier molecular flexibility index (Phi) is 3.61. The lowest BCUT2D eigenvalue weighted by molar-refractivity contribution is -0.137. The number of benzene rings is 1. The summed E-state index contributed by atoms with van der Waals surface area (Å²) >= 11 is 11.5. The average Bonchev–Trinajstić information content (AvgIpc) is 2.01. The fourth-order valence-corrected chi connectivity index (χ4v) is 1.47. The number of nitrogens with one attached hydrogen (secondary N) is 1. The summed E-state index contributed by atoms with van der Waals surface area (Å²) in [6.45, 7) is 1.54. The highest BCUT2D eigenvalue weighted by Crippen LogP contribution is 2.22. The van der Waals surface area contributed by atoms with E-state index in [1.165, 1.54) is 6.92 Å². The van der Waals surface area contributed by atoms with Gasteiger partial charge in [-0.1, -0.05) is 23.2 Å². The molecule has 0 radical (unpaired) electrons. The minimum atomic E-state index is -0.930. The minimum Gasteiger partial charge on any atom is -0.480 e. The molecule has 0 aliphatic heterocycles. The molecule has 0 aliphatic carbocycles. The van der Waals surface area contributed by atoms with Gasteiger partial charge >= 0.3 is 5.97 Å². The van der Waals surface area contributed by atoms with Crippen LogP contribution in [-0.2, 0) is 4.79 Å². The molecule has 0 unspecified atom stereocenters. The first-order valence-electron chi connectivity index (χ1n) is 3.94. The van der Waals surface area contributed by atoms with Crippen molar-refractivity contribution in [2.75, 3.05) is 5.32 Å². The Hall–Kier alpha value is -0.930. The van der Waals surface area contributed by atoms with Crippen molar-refractivity contribution in [1.29, 1.82) is 0 Å². The van der Waals surface area contributed by atoms with Gasteiger partial charge in [-0.05, 0) is 25.1 Å². The van der Waals surface area contributed by atoms with E-state index >= 15 is 0 Å². The Morgan fingerprint density at radius 1 is 1.36 bits per heavy atom. The smallest absolute Gasteiger partial charge is 0.325 e. The number of aliphatic carboxylic acids is 1. The Balaban J connectivity index is 2.81. The number of carboxylic acids is 1. The molecule has 0 fully saturated rings. The second kappa shape index (κ2) is 4.53. The first-order valence-corrected chi connectivity index (χ1v) is 4.70. The molecule has 0 aliphatic rings. The van der Waals surface area contributed by atoms with Crippen molar-refractivity contribution in [3.05, 3.63) is 28.2 Å². The molecule has 3 nitrogen and oxygen atoms in total. The van der Waals surface area contributed by atoms with Crippen LogP contribution in [0.2, 0.25) is 10.0 Å². The van der Waals surface area contributed by atoms with Crippen LogP contribution in [0.5, 0.6) is 0 Å². The molecule has 0 spiro atoms. The zero-order chi connectivity index (χ0) is 10.7. The number of carboxylic acid groups (broad SMARTS) is 1. The van der Waals surface area contributed by atoms with E-state index in [0.717, 1.165) is 0 Å². The van der Waals surface area contributed by atoms with E-state index in [-0.39, 0.29) is 0 Å². The van der Waals surface area contributed by atoms with Gasteiger partial charge in [0, 0.05) is 15.7 Å². The first-order chi connectivity index (χ1) is 6.49. The monoisotopic (exact) mass is 233 g/mol. The van der Waals surface area contributed by atoms with Gasteiger partial charge in [0.2, 0.25) is 0 Å². The fourth-order valence-electron chi connectivity index (χ4n) is 0.949. The largest absolute Gasteiger partial charge is 0.480 e. The molecular weight excluding hydrogens is 225 g/mol. The van der Waals surface area contributed by atoms with E-state index in [2.05, 4.69) is 5.32 Å². The highest BCUT2D eigenvalue weighted by molar-refractivity contribution is 6.35. The van der Waals surface area contributed by atoms with Gasteiger partial charge in [0.05, 0.1) is 0 Å². The van der Waals surface area contributed by atoms with Gasteiger partial charge in [-0.3, -0.25) is 4.79 Å². The van der Waals surface area contributed by atoms with Gasteiger partial charge in [0.25, 0.3) is 0 Å². The predicted octanol–water partition coefficient (Wildman–Crippen LogP) is 2.88. The van der Waals surface area contributed by atoms with E-state index in [9.17, 15) is 4.79 Å². The van der Waals surface area contributed by atoms with Crippen LogP contribution in [0.4, 0.5) is 5.69 Å². The quantitative estimate of drug-likeness (QED) is 0.845. The van der Waals surface area contributed by atoms with Crippen LogP contribution in [0.1, 0.15) is 6.92 Å². The standard InChI is InChI=1S/C9H9Cl2NO2/c1-5(9(13)14)12-8-3-6(10)2-7(11)4-8/h2-5,12H,1H3,(H,13,14)/t5-/m0/s1. The maximum Gasteiger partial charge on any atom is 0.325 e. The van der Waals surface area contributed by atoms with Gasteiger partial charge in [0.1, 0.15) is 6.04 Å². The van der Waals surface area contributed by atoms with Gasteiger partial charge in [-0.2, -0.15) is 0 Å². The molecule has 0 saturated heterocycles. The lowest BCUT2D eigenvalue weighted by Gasteiger charge is -2.11. The van der Waals surface area contributed by atoms with Gasteiger partial charge < -0.3 is 10.4 Å². The molecule has 5 heteroatoms. The topological polar surface area (TPSA) is 49.3 Å². The molecule has 1 aromatic carbocycles. The second-order valence-corrected chi connectivity index (χ2v) is 3.74. The molecule has 0 heterocycles. The number of hydrogen-bond acceptors (Lipinski definition) is 2. The Morgan fingerprint density at radius 3 is 2.29 bits per heavy atom. The molecule has 14 heavy (non-hydrogen) atoms. The van der Waals surface area contributed by atoms with Gasteiger partial charge in [-0.15, -0.1) is 0 Å². The molecule has 1 rings (SSSR count). The zero-order valence-corrected chi connectivity index (χ0v) is 8.93. The van der Waals surface area contributed by atoms with Crippen LogP contribution in [0.25, 0.3) is 0 Å². The molecule has 1 atom stereocenters. The number of halogens is 2. The molecule has 0 amide bonds. The van der Waals surface area contributed by atoms with Gasteiger partial charge in [0.15, 0.2) is 0 Å². The van der Waals surface area contributed by atoms with Crippen LogP contribution in [0.15, 0.2) is 18.2 Å². The second-order valence-electron chi connectivity index (χ2n) is 2.86. The molecule has 1 aromatic rings. The summed E-state index contributed by atoms with van der Waals surface area (Å²) in [7, 11) is 0. The summed E-state index contributed by atoms with van der Waals surface area (Å²) in [5.41, 5.74) is 0.595. The third-order valence-electron chi connectivity index (χ3n) is 1.62. The van der Waals surface area contributed by atoms with E-state index < -0.39 is 12.0 Å². The van der Waals surface area contributed by atoms with Crippen molar-refractivity contribution in [3.8, 4) is 0 Å². The lowest BCUT2D eigenvalue weighted by atomic mass is 10.2. The zero-order valence-electron chi connectivity index (χ0n) is 7.42. The van der Waals surface area contributed by atoms with Crippen molar-refractivity contribution in [1.82, 2.24) is 0 Å². The molecule has 0 bridgehead atoms. The summed E-state index contributed by atoms with van der Waals surface area (Å²) < 4.78 is 0. The molecule has 0 aromatic heterocycles. The Labute approximate surface area is 91.6 Å².